The summed E-state index contributed by atoms with van der Waals surface area (Å²) >= 11 is 3.50. The van der Waals surface area contributed by atoms with E-state index in [1.165, 1.54) is 11.1 Å². The number of benzene rings is 1. The zero-order valence-electron chi connectivity index (χ0n) is 10.1. The van der Waals surface area contributed by atoms with Gasteiger partial charge in [0.1, 0.15) is 0 Å². The molecule has 0 aromatic heterocycles. The van der Waals surface area contributed by atoms with E-state index in [0.717, 1.165) is 30.8 Å². The monoisotopic (exact) mass is 298 g/mol. The third-order valence-corrected chi connectivity index (χ3v) is 3.87. The van der Waals surface area contributed by atoms with Crippen LogP contribution in [0.15, 0.2) is 22.7 Å². The van der Waals surface area contributed by atoms with Gasteiger partial charge >= 0.3 is 0 Å². The fraction of sp³-hybridized carbons (Fsp3) is 0.538. The Morgan fingerprint density at radius 1 is 1.47 bits per heavy atom. The summed E-state index contributed by atoms with van der Waals surface area (Å²) in [5.74, 6) is 0. The molecule has 0 atom stereocenters. The maximum atomic E-state index is 5.77. The minimum atomic E-state index is 0.167. The van der Waals surface area contributed by atoms with Crippen molar-refractivity contribution in [1.82, 2.24) is 5.32 Å². The summed E-state index contributed by atoms with van der Waals surface area (Å²) in [7, 11) is 0. The Hall–Kier alpha value is -0.420. The number of hydrogen-bond donors (Lipinski definition) is 2. The van der Waals surface area contributed by atoms with Gasteiger partial charge in [0.25, 0.3) is 0 Å². The number of halogens is 1. The second kappa shape index (κ2) is 5.48. The zero-order chi connectivity index (χ0) is 12.3. The van der Waals surface area contributed by atoms with Crippen LogP contribution in [0.1, 0.15) is 11.1 Å². The minimum absolute atomic E-state index is 0.167. The number of nitrogens with two attached hydrogens (primary N) is 1. The Labute approximate surface area is 111 Å². The first-order chi connectivity index (χ1) is 8.15. The smallest absolute Gasteiger partial charge is 0.0569 e. The largest absolute Gasteiger partial charge is 0.380 e. The molecule has 0 radical (unpaired) electrons. The third kappa shape index (κ3) is 3.07. The van der Waals surface area contributed by atoms with Gasteiger partial charge in [-0.25, -0.2) is 0 Å². The van der Waals surface area contributed by atoms with Crippen LogP contribution in [0.2, 0.25) is 0 Å². The molecule has 1 fully saturated rings. The van der Waals surface area contributed by atoms with E-state index in [1.54, 1.807) is 0 Å². The first-order valence-electron chi connectivity index (χ1n) is 5.89. The Kier molecular flexibility index (Phi) is 4.20. The number of ether oxygens (including phenoxy) is 1. The van der Waals surface area contributed by atoms with E-state index in [4.69, 9.17) is 10.5 Å². The highest BCUT2D eigenvalue weighted by atomic mass is 79.9. The highest BCUT2D eigenvalue weighted by molar-refractivity contribution is 9.10. The fourth-order valence-electron chi connectivity index (χ4n) is 1.98. The Bertz CT molecular complexity index is 385. The number of aryl methyl sites for hydroxylation is 1. The molecule has 1 saturated heterocycles. The molecule has 3 N–H and O–H groups in total. The topological polar surface area (TPSA) is 47.3 Å². The van der Waals surface area contributed by atoms with Gasteiger partial charge < -0.3 is 15.8 Å². The summed E-state index contributed by atoms with van der Waals surface area (Å²) in [6, 6.07) is 6.36. The van der Waals surface area contributed by atoms with Crippen LogP contribution in [0.5, 0.6) is 0 Å². The molecule has 1 heterocycles. The molecule has 1 aliphatic rings. The molecule has 94 valence electrons. The lowest BCUT2D eigenvalue weighted by molar-refractivity contribution is -0.105. The van der Waals surface area contributed by atoms with E-state index in [9.17, 15) is 0 Å². The van der Waals surface area contributed by atoms with Crippen molar-refractivity contribution in [3.05, 3.63) is 33.8 Å². The van der Waals surface area contributed by atoms with Crippen LogP contribution in [0.4, 0.5) is 0 Å². The Morgan fingerprint density at radius 2 is 2.24 bits per heavy atom. The molecule has 1 aliphatic heterocycles. The first-order valence-corrected chi connectivity index (χ1v) is 6.68. The van der Waals surface area contributed by atoms with Crippen LogP contribution in [0.25, 0.3) is 0 Å². The van der Waals surface area contributed by atoms with Crippen LogP contribution < -0.4 is 11.1 Å². The summed E-state index contributed by atoms with van der Waals surface area (Å²) in [5, 5.41) is 3.48. The number of nitrogens with one attached hydrogen (secondary N) is 1. The molecular weight excluding hydrogens is 280 g/mol. The summed E-state index contributed by atoms with van der Waals surface area (Å²) in [5.41, 5.74) is 8.58. The van der Waals surface area contributed by atoms with E-state index >= 15 is 0 Å². The highest BCUT2D eigenvalue weighted by Gasteiger charge is 2.36. The lowest BCUT2D eigenvalue weighted by Crippen LogP contribution is -2.54. The van der Waals surface area contributed by atoms with Crippen molar-refractivity contribution >= 4 is 15.9 Å². The molecule has 0 aliphatic carbocycles. The van der Waals surface area contributed by atoms with Crippen molar-refractivity contribution in [1.29, 1.82) is 0 Å². The standard InChI is InChI=1S/C13H19BrN2O/c1-10-2-3-12(14)4-11(10)5-16-7-13(6-15)8-17-9-13/h2-4,16H,5-9,15H2,1H3. The average molecular weight is 299 g/mol. The van der Waals surface area contributed by atoms with E-state index in [1.807, 2.05) is 0 Å². The van der Waals surface area contributed by atoms with Gasteiger partial charge in [-0.15, -0.1) is 0 Å². The van der Waals surface area contributed by atoms with E-state index < -0.39 is 0 Å². The molecule has 4 heteroatoms. The molecule has 0 saturated carbocycles. The highest BCUT2D eigenvalue weighted by Crippen LogP contribution is 2.25. The maximum Gasteiger partial charge on any atom is 0.0569 e. The summed E-state index contributed by atoms with van der Waals surface area (Å²) in [6.07, 6.45) is 0. The second-order valence-electron chi connectivity index (χ2n) is 4.87. The van der Waals surface area contributed by atoms with Gasteiger partial charge in [-0.1, -0.05) is 22.0 Å². The van der Waals surface area contributed by atoms with Gasteiger partial charge in [-0.05, 0) is 30.2 Å². The fourth-order valence-corrected chi connectivity index (χ4v) is 2.38. The van der Waals surface area contributed by atoms with Gasteiger partial charge in [0.05, 0.1) is 13.2 Å². The Morgan fingerprint density at radius 3 is 2.82 bits per heavy atom. The van der Waals surface area contributed by atoms with Crippen LogP contribution in [0, 0.1) is 12.3 Å². The lowest BCUT2D eigenvalue weighted by atomic mass is 9.86. The van der Waals surface area contributed by atoms with Crippen LogP contribution in [-0.4, -0.2) is 26.3 Å². The van der Waals surface area contributed by atoms with Gasteiger partial charge in [-0.2, -0.15) is 0 Å². The summed E-state index contributed by atoms with van der Waals surface area (Å²) < 4.78 is 6.37. The Balaban J connectivity index is 1.87. The SMILES string of the molecule is Cc1ccc(Br)cc1CNCC1(CN)COC1. The van der Waals surface area contributed by atoms with E-state index in [0.29, 0.717) is 6.54 Å². The minimum Gasteiger partial charge on any atom is -0.380 e. The second-order valence-corrected chi connectivity index (χ2v) is 5.79. The maximum absolute atomic E-state index is 5.77. The first kappa shape index (κ1) is 13.0. The number of hydrogen-bond acceptors (Lipinski definition) is 3. The summed E-state index contributed by atoms with van der Waals surface area (Å²) in [6.45, 7) is 6.20. The van der Waals surface area contributed by atoms with Crippen molar-refractivity contribution in [2.45, 2.75) is 13.5 Å². The van der Waals surface area contributed by atoms with Gasteiger partial charge in [0.15, 0.2) is 0 Å². The van der Waals surface area contributed by atoms with Crippen molar-refractivity contribution in [3.8, 4) is 0 Å². The molecule has 17 heavy (non-hydrogen) atoms. The van der Waals surface area contributed by atoms with Crippen molar-refractivity contribution in [2.24, 2.45) is 11.1 Å². The molecule has 0 unspecified atom stereocenters. The molecule has 3 nitrogen and oxygen atoms in total. The molecule has 2 rings (SSSR count). The van der Waals surface area contributed by atoms with Crippen LogP contribution >= 0.6 is 15.9 Å². The van der Waals surface area contributed by atoms with Crippen LogP contribution in [0.3, 0.4) is 0 Å². The van der Waals surface area contributed by atoms with Gasteiger partial charge in [0.2, 0.25) is 0 Å². The quantitative estimate of drug-likeness (QED) is 0.872. The van der Waals surface area contributed by atoms with E-state index in [-0.39, 0.29) is 5.41 Å². The molecule has 0 amide bonds. The van der Waals surface area contributed by atoms with Crippen molar-refractivity contribution < 1.29 is 4.74 Å². The predicted octanol–water partition coefficient (Wildman–Crippen LogP) is 1.82. The molecular formula is C13H19BrN2O. The zero-order valence-corrected chi connectivity index (χ0v) is 11.7. The predicted molar refractivity (Wildman–Crippen MR) is 72.9 cm³/mol. The molecule has 0 bridgehead atoms. The molecule has 0 spiro atoms. The van der Waals surface area contributed by atoms with Gasteiger partial charge in [0, 0.05) is 29.5 Å². The van der Waals surface area contributed by atoms with Crippen molar-refractivity contribution in [2.75, 3.05) is 26.3 Å². The number of rotatable bonds is 5. The van der Waals surface area contributed by atoms with Crippen molar-refractivity contribution in [3.63, 3.8) is 0 Å². The van der Waals surface area contributed by atoms with Gasteiger partial charge in [-0.3, -0.25) is 0 Å². The lowest BCUT2D eigenvalue weighted by Gasteiger charge is -2.40. The average Bonchev–Trinajstić information content (AvgIpc) is 2.27. The normalized spacial score (nSPS) is 17.8. The summed E-state index contributed by atoms with van der Waals surface area (Å²) in [4.78, 5) is 0. The third-order valence-electron chi connectivity index (χ3n) is 3.38. The molecule has 1 aromatic carbocycles. The molecule has 1 aromatic rings. The van der Waals surface area contributed by atoms with Crippen LogP contribution in [-0.2, 0) is 11.3 Å². The van der Waals surface area contributed by atoms with E-state index in [2.05, 4.69) is 46.4 Å².